The van der Waals surface area contributed by atoms with Gasteiger partial charge in [0.05, 0.1) is 12.8 Å². The van der Waals surface area contributed by atoms with Gasteiger partial charge in [0.2, 0.25) is 5.82 Å². The third-order valence-corrected chi connectivity index (χ3v) is 3.13. The monoisotopic (exact) mass is 302 g/mol. The third-order valence-electron chi connectivity index (χ3n) is 3.13. The zero-order valence-electron chi connectivity index (χ0n) is 12.7. The van der Waals surface area contributed by atoms with Crippen LogP contribution in [0.5, 0.6) is 5.88 Å². The van der Waals surface area contributed by atoms with Crippen LogP contribution >= 0.6 is 0 Å². The van der Waals surface area contributed by atoms with Crippen LogP contribution in [0.25, 0.3) is 0 Å². The first-order chi connectivity index (χ1) is 10.2. The summed E-state index contributed by atoms with van der Waals surface area (Å²) in [6.07, 6.45) is 4.58. The SMILES string of the molecule is CCCCN(CCCC)c1c(F)cnc(OCCO)c1F. The molecule has 0 amide bonds. The Hall–Kier alpha value is -1.43. The van der Waals surface area contributed by atoms with E-state index in [2.05, 4.69) is 4.98 Å². The summed E-state index contributed by atoms with van der Waals surface area (Å²) in [5.74, 6) is -1.75. The maximum absolute atomic E-state index is 14.4. The lowest BCUT2D eigenvalue weighted by atomic mass is 10.2. The predicted octanol–water partition coefficient (Wildman–Crippen LogP) is 3.14. The summed E-state index contributed by atoms with van der Waals surface area (Å²) in [6.45, 7) is 4.93. The molecule has 0 unspecified atom stereocenters. The van der Waals surface area contributed by atoms with Crippen LogP contribution in [0.4, 0.5) is 14.5 Å². The van der Waals surface area contributed by atoms with Gasteiger partial charge in [-0.2, -0.15) is 4.39 Å². The van der Waals surface area contributed by atoms with Crippen molar-refractivity contribution in [2.45, 2.75) is 39.5 Å². The number of unbranched alkanes of at least 4 members (excludes halogenated alkanes) is 2. The first-order valence-electron chi connectivity index (χ1n) is 7.48. The van der Waals surface area contributed by atoms with Crippen LogP contribution in [0, 0.1) is 11.6 Å². The van der Waals surface area contributed by atoms with Crippen LogP contribution in [-0.4, -0.2) is 36.4 Å². The van der Waals surface area contributed by atoms with Crippen LogP contribution in [0.15, 0.2) is 6.20 Å². The van der Waals surface area contributed by atoms with E-state index in [9.17, 15) is 8.78 Å². The van der Waals surface area contributed by atoms with Gasteiger partial charge in [0.25, 0.3) is 5.88 Å². The van der Waals surface area contributed by atoms with Gasteiger partial charge in [0, 0.05) is 13.1 Å². The molecule has 120 valence electrons. The first kappa shape index (κ1) is 17.6. The first-order valence-corrected chi connectivity index (χ1v) is 7.48. The molecule has 0 saturated carbocycles. The number of nitrogens with zero attached hydrogens (tertiary/aromatic N) is 2. The molecular formula is C15H24F2N2O2. The predicted molar refractivity (Wildman–Crippen MR) is 78.8 cm³/mol. The minimum absolute atomic E-state index is 0.0705. The Morgan fingerprint density at radius 2 is 1.81 bits per heavy atom. The number of ether oxygens (including phenoxy) is 1. The summed E-state index contributed by atoms with van der Waals surface area (Å²) in [5.41, 5.74) is -0.0835. The van der Waals surface area contributed by atoms with Gasteiger partial charge in [-0.15, -0.1) is 0 Å². The molecule has 0 spiro atoms. The number of hydrogen-bond acceptors (Lipinski definition) is 4. The second-order valence-corrected chi connectivity index (χ2v) is 4.84. The molecule has 4 nitrogen and oxygen atoms in total. The quantitative estimate of drug-likeness (QED) is 0.721. The average Bonchev–Trinajstić information content (AvgIpc) is 2.48. The van der Waals surface area contributed by atoms with Gasteiger partial charge in [-0.25, -0.2) is 9.37 Å². The van der Waals surface area contributed by atoms with Crippen molar-refractivity contribution in [3.05, 3.63) is 17.8 Å². The minimum Gasteiger partial charge on any atom is -0.473 e. The Kier molecular flexibility index (Phi) is 7.97. The number of rotatable bonds is 10. The molecule has 0 aliphatic rings. The molecule has 0 aliphatic carbocycles. The topological polar surface area (TPSA) is 45.6 Å². The van der Waals surface area contributed by atoms with E-state index in [0.717, 1.165) is 31.9 Å². The molecule has 1 heterocycles. The molecule has 21 heavy (non-hydrogen) atoms. The smallest absolute Gasteiger partial charge is 0.252 e. The average molecular weight is 302 g/mol. The Labute approximate surface area is 124 Å². The van der Waals surface area contributed by atoms with Crippen molar-refractivity contribution in [3.8, 4) is 5.88 Å². The molecule has 0 radical (unpaired) electrons. The molecule has 0 aliphatic heterocycles. The molecule has 1 rings (SSSR count). The van der Waals surface area contributed by atoms with Gasteiger partial charge in [-0.1, -0.05) is 26.7 Å². The van der Waals surface area contributed by atoms with Crippen LogP contribution in [0.2, 0.25) is 0 Å². The highest BCUT2D eigenvalue weighted by atomic mass is 19.1. The van der Waals surface area contributed by atoms with Gasteiger partial charge in [0.15, 0.2) is 5.82 Å². The second-order valence-electron chi connectivity index (χ2n) is 4.84. The van der Waals surface area contributed by atoms with E-state index in [-0.39, 0.29) is 24.8 Å². The fourth-order valence-electron chi connectivity index (χ4n) is 2.01. The third kappa shape index (κ3) is 5.12. The number of halogens is 2. The van der Waals surface area contributed by atoms with Crippen molar-refractivity contribution in [3.63, 3.8) is 0 Å². The van der Waals surface area contributed by atoms with Gasteiger partial charge in [-0.3, -0.25) is 0 Å². The lowest BCUT2D eigenvalue weighted by molar-refractivity contribution is 0.191. The summed E-state index contributed by atoms with van der Waals surface area (Å²) < 4.78 is 33.4. The van der Waals surface area contributed by atoms with E-state index in [4.69, 9.17) is 9.84 Å². The van der Waals surface area contributed by atoms with Gasteiger partial charge < -0.3 is 14.7 Å². The van der Waals surface area contributed by atoms with Crippen molar-refractivity contribution in [2.75, 3.05) is 31.2 Å². The molecule has 0 aromatic carbocycles. The van der Waals surface area contributed by atoms with Crippen LogP contribution in [-0.2, 0) is 0 Å². The highest BCUT2D eigenvalue weighted by molar-refractivity contribution is 5.51. The summed E-state index contributed by atoms with van der Waals surface area (Å²) in [6, 6.07) is 0. The number of anilines is 1. The Bertz CT molecular complexity index is 422. The van der Waals surface area contributed by atoms with E-state index in [0.29, 0.717) is 13.1 Å². The number of aliphatic hydroxyl groups excluding tert-OH is 1. The number of hydrogen-bond donors (Lipinski definition) is 1. The Morgan fingerprint density at radius 1 is 1.19 bits per heavy atom. The van der Waals surface area contributed by atoms with Crippen molar-refractivity contribution in [2.24, 2.45) is 0 Å². The summed E-state index contributed by atoms with van der Waals surface area (Å²) in [4.78, 5) is 5.32. The lowest BCUT2D eigenvalue weighted by Crippen LogP contribution is -2.28. The Balaban J connectivity index is 3.03. The number of aromatic nitrogens is 1. The maximum Gasteiger partial charge on any atom is 0.252 e. The van der Waals surface area contributed by atoms with Gasteiger partial charge >= 0.3 is 0 Å². The zero-order valence-corrected chi connectivity index (χ0v) is 12.7. The largest absolute Gasteiger partial charge is 0.473 e. The van der Waals surface area contributed by atoms with Gasteiger partial charge in [-0.05, 0) is 12.8 Å². The highest BCUT2D eigenvalue weighted by Gasteiger charge is 2.21. The van der Waals surface area contributed by atoms with E-state index in [1.54, 1.807) is 4.90 Å². The summed E-state index contributed by atoms with van der Waals surface area (Å²) >= 11 is 0. The Morgan fingerprint density at radius 3 is 2.33 bits per heavy atom. The minimum atomic E-state index is -0.796. The fourth-order valence-corrected chi connectivity index (χ4v) is 2.01. The van der Waals surface area contributed by atoms with E-state index in [1.807, 2.05) is 13.8 Å². The summed E-state index contributed by atoms with van der Waals surface area (Å²) in [5, 5.41) is 8.72. The van der Waals surface area contributed by atoms with Crippen LogP contribution in [0.3, 0.4) is 0 Å². The van der Waals surface area contributed by atoms with Crippen molar-refractivity contribution < 1.29 is 18.6 Å². The highest BCUT2D eigenvalue weighted by Crippen LogP contribution is 2.29. The van der Waals surface area contributed by atoms with Crippen molar-refractivity contribution in [1.82, 2.24) is 4.98 Å². The summed E-state index contributed by atoms with van der Waals surface area (Å²) in [7, 11) is 0. The zero-order chi connectivity index (χ0) is 15.7. The fraction of sp³-hybridized carbons (Fsp3) is 0.667. The molecular weight excluding hydrogens is 278 g/mol. The molecule has 0 atom stereocenters. The van der Waals surface area contributed by atoms with E-state index >= 15 is 0 Å². The molecule has 0 bridgehead atoms. The van der Waals surface area contributed by atoms with Gasteiger partial charge in [0.1, 0.15) is 12.3 Å². The van der Waals surface area contributed by atoms with Crippen molar-refractivity contribution in [1.29, 1.82) is 0 Å². The molecule has 1 N–H and O–H groups in total. The lowest BCUT2D eigenvalue weighted by Gasteiger charge is -2.25. The molecule has 1 aromatic heterocycles. The van der Waals surface area contributed by atoms with Crippen molar-refractivity contribution >= 4 is 5.69 Å². The molecule has 0 fully saturated rings. The maximum atomic E-state index is 14.4. The number of pyridine rings is 1. The van der Waals surface area contributed by atoms with Crippen LogP contribution in [0.1, 0.15) is 39.5 Å². The van der Waals surface area contributed by atoms with E-state index < -0.39 is 11.6 Å². The molecule has 0 saturated heterocycles. The number of aliphatic hydroxyl groups is 1. The second kappa shape index (κ2) is 9.50. The molecule has 6 heteroatoms. The van der Waals surface area contributed by atoms with E-state index in [1.165, 1.54) is 0 Å². The van der Waals surface area contributed by atoms with Crippen LogP contribution < -0.4 is 9.64 Å². The molecule has 1 aromatic rings. The standard InChI is InChI=1S/C15H24F2N2O2/c1-3-5-7-19(8-6-4-2)14-12(16)11-18-15(13(14)17)21-10-9-20/h11,20H,3-10H2,1-2H3. The normalized spacial score (nSPS) is 10.7.